The third-order valence-electron chi connectivity index (χ3n) is 4.22. The van der Waals surface area contributed by atoms with E-state index in [2.05, 4.69) is 15.5 Å². The number of fused-ring (bicyclic) bond motifs is 1. The fraction of sp³-hybridized carbons (Fsp3) is 0.0435. The number of nitrogens with one attached hydrogen (secondary N) is 1. The van der Waals surface area contributed by atoms with Crippen LogP contribution in [0.15, 0.2) is 90.0 Å². The number of ether oxygens (including phenoxy) is 1. The van der Waals surface area contributed by atoms with Gasteiger partial charge in [0.25, 0.3) is 0 Å². The minimum absolute atomic E-state index is 0.190. The molecule has 0 radical (unpaired) electrons. The van der Waals surface area contributed by atoms with E-state index in [4.69, 9.17) is 4.74 Å². The van der Waals surface area contributed by atoms with E-state index in [1.807, 2.05) is 60.7 Å². The summed E-state index contributed by atoms with van der Waals surface area (Å²) in [7, 11) is 0. The molecule has 138 valence electrons. The zero-order valence-corrected chi connectivity index (χ0v) is 15.0. The molecule has 4 aromatic rings. The lowest BCUT2D eigenvalue weighted by Gasteiger charge is -2.07. The standard InChI is InChI=1S/C23H18FN3O/c24-21-7-3-1-6-19(21)16-28-20-12-9-17(10-13-20)15-25-27-23-14-11-18-5-2-4-8-22(18)26-23/h1-15H,16H2,(H,26,27)/b25-15+. The predicted octanol–water partition coefficient (Wildman–Crippen LogP) is 5.40. The topological polar surface area (TPSA) is 46.5 Å². The Balaban J connectivity index is 1.35. The van der Waals surface area contributed by atoms with Crippen molar-refractivity contribution in [3.63, 3.8) is 0 Å². The number of para-hydroxylation sites is 1. The maximum absolute atomic E-state index is 13.6. The summed E-state index contributed by atoms with van der Waals surface area (Å²) >= 11 is 0. The lowest BCUT2D eigenvalue weighted by molar-refractivity contribution is 0.300. The van der Waals surface area contributed by atoms with Crippen molar-refractivity contribution in [2.75, 3.05) is 5.43 Å². The number of aromatic nitrogens is 1. The quantitative estimate of drug-likeness (QED) is 0.365. The van der Waals surface area contributed by atoms with Crippen LogP contribution in [0.5, 0.6) is 5.75 Å². The molecule has 0 atom stereocenters. The Kier molecular flexibility index (Phi) is 5.24. The second-order valence-corrected chi connectivity index (χ2v) is 6.21. The molecule has 4 rings (SSSR count). The van der Waals surface area contributed by atoms with Gasteiger partial charge >= 0.3 is 0 Å². The second-order valence-electron chi connectivity index (χ2n) is 6.21. The molecule has 5 heteroatoms. The number of anilines is 1. The maximum atomic E-state index is 13.6. The fourth-order valence-corrected chi connectivity index (χ4v) is 2.73. The first-order valence-corrected chi connectivity index (χ1v) is 8.89. The Bertz CT molecular complexity index is 1110. The molecule has 0 aliphatic heterocycles. The lowest BCUT2D eigenvalue weighted by Crippen LogP contribution is -1.98. The highest BCUT2D eigenvalue weighted by Crippen LogP contribution is 2.16. The van der Waals surface area contributed by atoms with Crippen molar-refractivity contribution < 1.29 is 9.13 Å². The molecule has 0 aliphatic carbocycles. The van der Waals surface area contributed by atoms with Crippen molar-refractivity contribution in [2.45, 2.75) is 6.61 Å². The summed E-state index contributed by atoms with van der Waals surface area (Å²) in [5.74, 6) is 1.09. The highest BCUT2D eigenvalue weighted by molar-refractivity contribution is 5.81. The number of nitrogens with zero attached hydrogens (tertiary/aromatic N) is 2. The first kappa shape index (κ1) is 17.7. The van der Waals surface area contributed by atoms with Crippen molar-refractivity contribution in [1.29, 1.82) is 0 Å². The first-order chi connectivity index (χ1) is 13.8. The van der Waals surface area contributed by atoms with E-state index in [0.29, 0.717) is 17.1 Å². The van der Waals surface area contributed by atoms with Crippen LogP contribution in [0.4, 0.5) is 10.2 Å². The monoisotopic (exact) mass is 371 g/mol. The highest BCUT2D eigenvalue weighted by atomic mass is 19.1. The van der Waals surface area contributed by atoms with Gasteiger partial charge in [-0.15, -0.1) is 0 Å². The van der Waals surface area contributed by atoms with Crippen molar-refractivity contribution in [3.05, 3.63) is 102 Å². The molecule has 0 amide bonds. The zero-order valence-electron chi connectivity index (χ0n) is 15.0. The SMILES string of the molecule is Fc1ccccc1COc1ccc(/C=N/Nc2ccc3ccccc3n2)cc1. The first-order valence-electron chi connectivity index (χ1n) is 8.89. The molecule has 0 fully saturated rings. The van der Waals surface area contributed by atoms with Crippen LogP contribution in [-0.4, -0.2) is 11.2 Å². The van der Waals surface area contributed by atoms with E-state index in [0.717, 1.165) is 16.5 Å². The van der Waals surface area contributed by atoms with Gasteiger partial charge in [0.1, 0.15) is 24.0 Å². The van der Waals surface area contributed by atoms with Gasteiger partial charge in [-0.3, -0.25) is 5.43 Å². The molecule has 0 bridgehead atoms. The molecule has 0 saturated heterocycles. The van der Waals surface area contributed by atoms with Gasteiger partial charge in [0.05, 0.1) is 11.7 Å². The second kappa shape index (κ2) is 8.31. The van der Waals surface area contributed by atoms with Gasteiger partial charge in [-0.05, 0) is 54.1 Å². The third-order valence-corrected chi connectivity index (χ3v) is 4.22. The maximum Gasteiger partial charge on any atom is 0.146 e. The molecular formula is C23H18FN3O. The Hall–Kier alpha value is -3.73. The van der Waals surface area contributed by atoms with E-state index in [9.17, 15) is 4.39 Å². The number of pyridine rings is 1. The molecular weight excluding hydrogens is 353 g/mol. The fourth-order valence-electron chi connectivity index (χ4n) is 2.73. The molecule has 3 aromatic carbocycles. The summed E-state index contributed by atoms with van der Waals surface area (Å²) < 4.78 is 19.2. The minimum Gasteiger partial charge on any atom is -0.489 e. The predicted molar refractivity (Wildman–Crippen MR) is 110 cm³/mol. The number of rotatable bonds is 6. The van der Waals surface area contributed by atoms with Gasteiger partial charge in [-0.1, -0.05) is 36.4 Å². The van der Waals surface area contributed by atoms with Crippen LogP contribution >= 0.6 is 0 Å². The van der Waals surface area contributed by atoms with Crippen LogP contribution < -0.4 is 10.2 Å². The molecule has 1 heterocycles. The van der Waals surface area contributed by atoms with Crippen LogP contribution in [0, 0.1) is 5.82 Å². The molecule has 0 unspecified atom stereocenters. The minimum atomic E-state index is -0.264. The van der Waals surface area contributed by atoms with Gasteiger partial charge in [-0.25, -0.2) is 9.37 Å². The summed E-state index contributed by atoms with van der Waals surface area (Å²) in [5, 5.41) is 5.31. The van der Waals surface area contributed by atoms with E-state index >= 15 is 0 Å². The Morgan fingerprint density at radius 1 is 0.893 bits per heavy atom. The van der Waals surface area contributed by atoms with Crippen LogP contribution in [-0.2, 0) is 6.61 Å². The molecule has 0 aliphatic rings. The molecule has 1 aromatic heterocycles. The average molecular weight is 371 g/mol. The Morgan fingerprint density at radius 3 is 2.54 bits per heavy atom. The molecule has 28 heavy (non-hydrogen) atoms. The van der Waals surface area contributed by atoms with E-state index < -0.39 is 0 Å². The van der Waals surface area contributed by atoms with Crippen molar-refractivity contribution in [2.24, 2.45) is 5.10 Å². The van der Waals surface area contributed by atoms with Gasteiger partial charge in [0, 0.05) is 10.9 Å². The molecule has 1 N–H and O–H groups in total. The summed E-state index contributed by atoms with van der Waals surface area (Å²) in [5.41, 5.74) is 5.29. The molecule has 4 nitrogen and oxygen atoms in total. The largest absolute Gasteiger partial charge is 0.489 e. The van der Waals surface area contributed by atoms with Gasteiger partial charge in [0.15, 0.2) is 0 Å². The smallest absolute Gasteiger partial charge is 0.146 e. The van der Waals surface area contributed by atoms with Crippen LogP contribution in [0.3, 0.4) is 0 Å². The van der Waals surface area contributed by atoms with Crippen LogP contribution in [0.1, 0.15) is 11.1 Å². The number of hydrogen-bond donors (Lipinski definition) is 1. The van der Waals surface area contributed by atoms with Crippen molar-refractivity contribution >= 4 is 22.9 Å². The number of hydrogen-bond acceptors (Lipinski definition) is 4. The molecule has 0 spiro atoms. The average Bonchev–Trinajstić information content (AvgIpc) is 2.74. The van der Waals surface area contributed by atoms with E-state index in [-0.39, 0.29) is 12.4 Å². The van der Waals surface area contributed by atoms with Gasteiger partial charge in [-0.2, -0.15) is 5.10 Å². The summed E-state index contributed by atoms with van der Waals surface area (Å²) in [6.45, 7) is 0.190. The summed E-state index contributed by atoms with van der Waals surface area (Å²) in [6, 6.07) is 25.8. The van der Waals surface area contributed by atoms with Gasteiger partial charge in [0.2, 0.25) is 0 Å². The molecule has 0 saturated carbocycles. The zero-order chi connectivity index (χ0) is 19.2. The normalized spacial score (nSPS) is 11.0. The summed E-state index contributed by atoms with van der Waals surface area (Å²) in [4.78, 5) is 4.51. The van der Waals surface area contributed by atoms with Crippen molar-refractivity contribution in [1.82, 2.24) is 4.98 Å². The van der Waals surface area contributed by atoms with Crippen molar-refractivity contribution in [3.8, 4) is 5.75 Å². The lowest BCUT2D eigenvalue weighted by atomic mass is 10.2. The Morgan fingerprint density at radius 2 is 1.68 bits per heavy atom. The van der Waals surface area contributed by atoms with E-state index in [1.165, 1.54) is 6.07 Å². The number of benzene rings is 3. The number of hydrazone groups is 1. The van der Waals surface area contributed by atoms with Gasteiger partial charge < -0.3 is 4.74 Å². The van der Waals surface area contributed by atoms with E-state index in [1.54, 1.807) is 24.4 Å². The Labute approximate surface area is 162 Å². The number of halogens is 1. The third kappa shape index (κ3) is 4.32. The van der Waals surface area contributed by atoms with Crippen LogP contribution in [0.25, 0.3) is 10.9 Å². The summed E-state index contributed by atoms with van der Waals surface area (Å²) in [6.07, 6.45) is 1.71. The van der Waals surface area contributed by atoms with Crippen LogP contribution in [0.2, 0.25) is 0 Å². The highest BCUT2D eigenvalue weighted by Gasteiger charge is 2.02.